The Labute approximate surface area is 92.3 Å². The minimum Gasteiger partial charge on any atom is -0.480 e. The molecular weight excluding hydrogens is 206 g/mol. The second-order valence-electron chi connectivity index (χ2n) is 3.22. The third kappa shape index (κ3) is 2.20. The zero-order valence-corrected chi connectivity index (χ0v) is 8.50. The van der Waals surface area contributed by atoms with Crippen LogP contribution in [0.5, 0.6) is 0 Å². The SMILES string of the molecule is O=C(O)CNc1ccccc1-n1cccn1. The predicted molar refractivity (Wildman–Crippen MR) is 59.7 cm³/mol. The minimum atomic E-state index is -0.893. The highest BCUT2D eigenvalue weighted by Crippen LogP contribution is 2.18. The van der Waals surface area contributed by atoms with Crippen LogP contribution in [-0.2, 0) is 4.79 Å². The fourth-order valence-corrected chi connectivity index (χ4v) is 1.41. The van der Waals surface area contributed by atoms with Crippen molar-refractivity contribution in [1.82, 2.24) is 9.78 Å². The summed E-state index contributed by atoms with van der Waals surface area (Å²) in [5, 5.41) is 15.6. The van der Waals surface area contributed by atoms with Crippen LogP contribution >= 0.6 is 0 Å². The first-order valence-electron chi connectivity index (χ1n) is 4.82. The van der Waals surface area contributed by atoms with Gasteiger partial charge in [0, 0.05) is 12.4 Å². The average molecular weight is 217 g/mol. The van der Waals surface area contributed by atoms with Crippen molar-refractivity contribution >= 4 is 11.7 Å². The molecule has 82 valence electrons. The van der Waals surface area contributed by atoms with Crippen molar-refractivity contribution in [2.24, 2.45) is 0 Å². The second-order valence-corrected chi connectivity index (χ2v) is 3.22. The van der Waals surface area contributed by atoms with Gasteiger partial charge >= 0.3 is 5.97 Å². The van der Waals surface area contributed by atoms with Crippen LogP contribution in [0.25, 0.3) is 5.69 Å². The summed E-state index contributed by atoms with van der Waals surface area (Å²) in [4.78, 5) is 10.5. The number of aromatic nitrogens is 2. The van der Waals surface area contributed by atoms with Crippen LogP contribution in [0.1, 0.15) is 0 Å². The first-order chi connectivity index (χ1) is 7.77. The molecule has 16 heavy (non-hydrogen) atoms. The summed E-state index contributed by atoms with van der Waals surface area (Å²) in [6.07, 6.45) is 3.48. The molecule has 5 heteroatoms. The molecule has 0 radical (unpaired) electrons. The van der Waals surface area contributed by atoms with Crippen molar-refractivity contribution < 1.29 is 9.90 Å². The van der Waals surface area contributed by atoms with Crippen molar-refractivity contribution in [3.05, 3.63) is 42.7 Å². The Kier molecular flexibility index (Phi) is 2.86. The number of nitrogens with zero attached hydrogens (tertiary/aromatic N) is 2. The maximum atomic E-state index is 10.5. The summed E-state index contributed by atoms with van der Waals surface area (Å²) in [6, 6.07) is 9.23. The number of aliphatic carboxylic acids is 1. The van der Waals surface area contributed by atoms with Gasteiger partial charge in [0.05, 0.1) is 11.4 Å². The molecule has 5 nitrogen and oxygen atoms in total. The second kappa shape index (κ2) is 4.48. The summed E-state index contributed by atoms with van der Waals surface area (Å²) >= 11 is 0. The van der Waals surface area contributed by atoms with Gasteiger partial charge < -0.3 is 10.4 Å². The summed E-state index contributed by atoms with van der Waals surface area (Å²) < 4.78 is 1.68. The van der Waals surface area contributed by atoms with Crippen LogP contribution in [0.2, 0.25) is 0 Å². The maximum Gasteiger partial charge on any atom is 0.322 e. The molecule has 0 unspecified atom stereocenters. The van der Waals surface area contributed by atoms with E-state index in [1.54, 1.807) is 17.1 Å². The Morgan fingerprint density at radius 3 is 2.88 bits per heavy atom. The number of para-hydroxylation sites is 2. The number of carbonyl (C=O) groups is 1. The molecule has 2 rings (SSSR count). The number of carboxylic acid groups (broad SMARTS) is 1. The molecule has 0 saturated heterocycles. The van der Waals surface area contributed by atoms with E-state index >= 15 is 0 Å². The highest BCUT2D eigenvalue weighted by Gasteiger charge is 2.04. The lowest BCUT2D eigenvalue weighted by molar-refractivity contribution is -0.134. The average Bonchev–Trinajstić information content (AvgIpc) is 2.80. The number of anilines is 1. The lowest BCUT2D eigenvalue weighted by Gasteiger charge is -2.09. The third-order valence-electron chi connectivity index (χ3n) is 2.09. The van der Waals surface area contributed by atoms with E-state index in [0.717, 1.165) is 11.4 Å². The molecule has 1 aromatic carbocycles. The van der Waals surface area contributed by atoms with Gasteiger partial charge in [0.25, 0.3) is 0 Å². The van der Waals surface area contributed by atoms with Gasteiger partial charge in [-0.25, -0.2) is 4.68 Å². The monoisotopic (exact) mass is 217 g/mol. The van der Waals surface area contributed by atoms with Gasteiger partial charge in [-0.1, -0.05) is 12.1 Å². The Bertz CT molecular complexity index is 480. The molecule has 2 aromatic rings. The van der Waals surface area contributed by atoms with Crippen molar-refractivity contribution in [2.45, 2.75) is 0 Å². The zero-order chi connectivity index (χ0) is 11.4. The van der Waals surface area contributed by atoms with Crippen molar-refractivity contribution in [3.8, 4) is 5.69 Å². The summed E-state index contributed by atoms with van der Waals surface area (Å²) in [5.74, 6) is -0.893. The van der Waals surface area contributed by atoms with Crippen LogP contribution < -0.4 is 5.32 Å². The molecule has 0 saturated carbocycles. The van der Waals surface area contributed by atoms with Gasteiger partial charge in [0.15, 0.2) is 0 Å². The maximum absolute atomic E-state index is 10.5. The first kappa shape index (κ1) is 10.2. The lowest BCUT2D eigenvalue weighted by Crippen LogP contribution is -2.14. The molecule has 2 N–H and O–H groups in total. The van der Waals surface area contributed by atoms with Crippen molar-refractivity contribution in [3.63, 3.8) is 0 Å². The van der Waals surface area contributed by atoms with E-state index in [-0.39, 0.29) is 6.54 Å². The number of hydrogen-bond acceptors (Lipinski definition) is 3. The van der Waals surface area contributed by atoms with E-state index in [2.05, 4.69) is 10.4 Å². The van der Waals surface area contributed by atoms with Crippen LogP contribution in [-0.4, -0.2) is 27.4 Å². The molecule has 0 aliphatic rings. The van der Waals surface area contributed by atoms with E-state index < -0.39 is 5.97 Å². The molecular formula is C11H11N3O2. The van der Waals surface area contributed by atoms with Crippen LogP contribution in [0, 0.1) is 0 Å². The number of carboxylic acids is 1. The molecule has 0 spiro atoms. The quantitative estimate of drug-likeness (QED) is 0.811. The molecule has 0 amide bonds. The van der Waals surface area contributed by atoms with E-state index in [1.807, 2.05) is 30.3 Å². The summed E-state index contributed by atoms with van der Waals surface area (Å²) in [5.41, 5.74) is 1.57. The standard InChI is InChI=1S/C11H11N3O2/c15-11(16)8-12-9-4-1-2-5-10(9)14-7-3-6-13-14/h1-7,12H,8H2,(H,15,16). The normalized spacial score (nSPS) is 10.0. The molecule has 0 aliphatic heterocycles. The van der Waals surface area contributed by atoms with Crippen molar-refractivity contribution in [2.75, 3.05) is 11.9 Å². The fraction of sp³-hybridized carbons (Fsp3) is 0.0909. The predicted octanol–water partition coefficient (Wildman–Crippen LogP) is 1.37. The van der Waals surface area contributed by atoms with Gasteiger partial charge in [-0.15, -0.1) is 0 Å². The van der Waals surface area contributed by atoms with E-state index in [0.29, 0.717) is 0 Å². The van der Waals surface area contributed by atoms with Gasteiger partial charge in [-0.2, -0.15) is 5.10 Å². The van der Waals surface area contributed by atoms with Gasteiger partial charge in [0.1, 0.15) is 6.54 Å². The van der Waals surface area contributed by atoms with Gasteiger partial charge in [0.2, 0.25) is 0 Å². The highest BCUT2D eigenvalue weighted by molar-refractivity contribution is 5.74. The molecule has 0 atom stereocenters. The van der Waals surface area contributed by atoms with E-state index in [9.17, 15) is 4.79 Å². The van der Waals surface area contributed by atoms with E-state index in [4.69, 9.17) is 5.11 Å². The first-order valence-corrected chi connectivity index (χ1v) is 4.82. The Balaban J connectivity index is 2.27. The van der Waals surface area contributed by atoms with Crippen LogP contribution in [0.4, 0.5) is 5.69 Å². The number of nitrogens with one attached hydrogen (secondary N) is 1. The smallest absolute Gasteiger partial charge is 0.322 e. The lowest BCUT2D eigenvalue weighted by atomic mass is 10.2. The Hall–Kier alpha value is -2.30. The fourth-order valence-electron chi connectivity index (χ4n) is 1.41. The third-order valence-corrected chi connectivity index (χ3v) is 2.09. The molecule has 0 aliphatic carbocycles. The van der Waals surface area contributed by atoms with Gasteiger partial charge in [-0.05, 0) is 18.2 Å². The van der Waals surface area contributed by atoms with Crippen LogP contribution in [0.15, 0.2) is 42.7 Å². The summed E-state index contributed by atoms with van der Waals surface area (Å²) in [7, 11) is 0. The summed E-state index contributed by atoms with van der Waals surface area (Å²) in [6.45, 7) is -0.113. The van der Waals surface area contributed by atoms with Gasteiger partial charge in [-0.3, -0.25) is 4.79 Å². The zero-order valence-electron chi connectivity index (χ0n) is 8.50. The Morgan fingerprint density at radius 1 is 1.38 bits per heavy atom. The minimum absolute atomic E-state index is 0.113. The largest absolute Gasteiger partial charge is 0.480 e. The molecule has 0 fully saturated rings. The molecule has 1 aromatic heterocycles. The molecule has 0 bridgehead atoms. The topological polar surface area (TPSA) is 67.2 Å². The number of benzene rings is 1. The van der Waals surface area contributed by atoms with E-state index in [1.165, 1.54) is 0 Å². The molecule has 1 heterocycles. The highest BCUT2D eigenvalue weighted by atomic mass is 16.4. The number of hydrogen-bond donors (Lipinski definition) is 2. The Morgan fingerprint density at radius 2 is 2.19 bits per heavy atom. The van der Waals surface area contributed by atoms with Crippen LogP contribution in [0.3, 0.4) is 0 Å². The van der Waals surface area contributed by atoms with Crippen molar-refractivity contribution in [1.29, 1.82) is 0 Å². The number of rotatable bonds is 4.